The average Bonchev–Trinajstić information content (AvgIpc) is 3.45. The first kappa shape index (κ1) is 77.3. The lowest BCUT2D eigenvalue weighted by Crippen LogP contribution is -2.45. The molecule has 0 radical (unpaired) electrons. The van der Waals surface area contributed by atoms with Crippen LogP contribution in [-0.4, -0.2) is 47.4 Å². The first-order valence-electron chi connectivity index (χ1n) is 36.1. The molecule has 0 aromatic heterocycles. The fraction of sp³-hybridized carbons (Fsp3) is 0.918. The quantitative estimate of drug-likeness (QED) is 0.0320. The highest BCUT2D eigenvalue weighted by Gasteiger charge is 2.20. The van der Waals surface area contributed by atoms with E-state index in [2.05, 4.69) is 43.5 Å². The summed E-state index contributed by atoms with van der Waals surface area (Å²) >= 11 is 0. The molecule has 0 spiro atoms. The van der Waals surface area contributed by atoms with Crippen molar-refractivity contribution in [1.29, 1.82) is 0 Å². The molecule has 6 nitrogen and oxygen atoms in total. The molecule has 468 valence electrons. The fourth-order valence-electron chi connectivity index (χ4n) is 11.5. The first-order chi connectivity index (χ1) is 39.0. The summed E-state index contributed by atoms with van der Waals surface area (Å²) in [4.78, 5) is 24.7. The van der Waals surface area contributed by atoms with Crippen molar-refractivity contribution in [1.82, 2.24) is 5.32 Å². The summed E-state index contributed by atoms with van der Waals surface area (Å²) in [6.45, 7) is 4.99. The van der Waals surface area contributed by atoms with E-state index in [0.29, 0.717) is 25.9 Å². The normalized spacial score (nSPS) is 12.6. The van der Waals surface area contributed by atoms with Gasteiger partial charge in [0.05, 0.1) is 25.4 Å². The molecule has 3 N–H and O–H groups in total. The van der Waals surface area contributed by atoms with Gasteiger partial charge in [0.1, 0.15) is 0 Å². The SMILES string of the molecule is CCCCCCCC/C=C\CCCCCCCCCCCC(=O)OCCCCCCCCCCCCCC/C=C\CCCCCCCCCCC(=O)NC(CO)C(O)CCCCCCCCCCCCCCCCCCCCC. The van der Waals surface area contributed by atoms with Crippen LogP contribution in [0.3, 0.4) is 0 Å². The molecule has 79 heavy (non-hydrogen) atoms. The van der Waals surface area contributed by atoms with E-state index in [4.69, 9.17) is 4.74 Å². The van der Waals surface area contributed by atoms with Gasteiger partial charge in [-0.1, -0.05) is 340 Å². The summed E-state index contributed by atoms with van der Waals surface area (Å²) in [6.07, 6.45) is 86.5. The number of rotatable bonds is 68. The Morgan fingerprint density at radius 1 is 0.342 bits per heavy atom. The second-order valence-electron chi connectivity index (χ2n) is 24.9. The molecule has 0 aromatic carbocycles. The lowest BCUT2D eigenvalue weighted by atomic mass is 10.0. The van der Waals surface area contributed by atoms with E-state index in [1.54, 1.807) is 0 Å². The van der Waals surface area contributed by atoms with E-state index < -0.39 is 12.1 Å². The van der Waals surface area contributed by atoms with E-state index in [0.717, 1.165) is 44.9 Å². The smallest absolute Gasteiger partial charge is 0.305 e. The van der Waals surface area contributed by atoms with Crippen LogP contribution < -0.4 is 5.32 Å². The third-order valence-electron chi connectivity index (χ3n) is 17.0. The van der Waals surface area contributed by atoms with Crippen LogP contribution >= 0.6 is 0 Å². The molecule has 0 saturated carbocycles. The lowest BCUT2D eigenvalue weighted by Gasteiger charge is -2.22. The Morgan fingerprint density at radius 3 is 0.899 bits per heavy atom. The molecule has 6 heteroatoms. The van der Waals surface area contributed by atoms with Gasteiger partial charge >= 0.3 is 5.97 Å². The number of ether oxygens (including phenoxy) is 1. The van der Waals surface area contributed by atoms with Crippen molar-refractivity contribution in [3.05, 3.63) is 24.3 Å². The maximum absolute atomic E-state index is 12.5. The van der Waals surface area contributed by atoms with Crippen molar-refractivity contribution in [2.75, 3.05) is 13.2 Å². The third-order valence-corrected chi connectivity index (χ3v) is 17.0. The zero-order chi connectivity index (χ0) is 57.1. The van der Waals surface area contributed by atoms with Gasteiger partial charge in [-0.05, 0) is 77.0 Å². The Labute approximate surface area is 494 Å². The number of allylic oxidation sites excluding steroid dienone is 4. The van der Waals surface area contributed by atoms with Crippen LogP contribution in [0.15, 0.2) is 24.3 Å². The Kier molecular flexibility index (Phi) is 67.4. The van der Waals surface area contributed by atoms with Gasteiger partial charge in [0.2, 0.25) is 5.91 Å². The number of amides is 1. The Bertz CT molecular complexity index is 1230. The third kappa shape index (κ3) is 65.4. The minimum atomic E-state index is -0.668. The molecule has 2 atom stereocenters. The molecule has 0 heterocycles. The average molecular weight is 1110 g/mol. The zero-order valence-corrected chi connectivity index (χ0v) is 53.6. The van der Waals surface area contributed by atoms with Gasteiger partial charge in [0.15, 0.2) is 0 Å². The van der Waals surface area contributed by atoms with E-state index in [-0.39, 0.29) is 18.5 Å². The van der Waals surface area contributed by atoms with E-state index in [9.17, 15) is 19.8 Å². The molecule has 1 amide bonds. The van der Waals surface area contributed by atoms with Crippen LogP contribution in [0.25, 0.3) is 0 Å². The summed E-state index contributed by atoms with van der Waals surface area (Å²) in [5.74, 6) is -0.0224. The van der Waals surface area contributed by atoms with Crippen LogP contribution in [0.1, 0.15) is 406 Å². The van der Waals surface area contributed by atoms with Crippen LogP contribution in [-0.2, 0) is 14.3 Å². The Hall–Kier alpha value is -1.66. The summed E-state index contributed by atoms with van der Waals surface area (Å²) < 4.78 is 5.51. The van der Waals surface area contributed by atoms with Gasteiger partial charge in [-0.25, -0.2) is 0 Å². The maximum Gasteiger partial charge on any atom is 0.305 e. The number of esters is 1. The van der Waals surface area contributed by atoms with Crippen molar-refractivity contribution in [3.63, 3.8) is 0 Å². The van der Waals surface area contributed by atoms with Gasteiger partial charge < -0.3 is 20.3 Å². The molecular formula is C73H141NO5. The summed E-state index contributed by atoms with van der Waals surface area (Å²) in [5, 5.41) is 23.4. The Morgan fingerprint density at radius 2 is 0.595 bits per heavy atom. The molecule has 0 saturated heterocycles. The molecule has 0 bridgehead atoms. The van der Waals surface area contributed by atoms with Gasteiger partial charge in [-0.15, -0.1) is 0 Å². The van der Waals surface area contributed by atoms with Crippen LogP contribution in [0, 0.1) is 0 Å². The number of aliphatic hydroxyl groups is 2. The van der Waals surface area contributed by atoms with E-state index in [1.807, 2.05) is 0 Å². The van der Waals surface area contributed by atoms with E-state index in [1.165, 1.54) is 327 Å². The highest BCUT2D eigenvalue weighted by atomic mass is 16.5. The monoisotopic (exact) mass is 1110 g/mol. The second-order valence-corrected chi connectivity index (χ2v) is 24.9. The fourth-order valence-corrected chi connectivity index (χ4v) is 11.5. The lowest BCUT2D eigenvalue weighted by molar-refractivity contribution is -0.143. The number of hydrogen-bond donors (Lipinski definition) is 3. The van der Waals surface area contributed by atoms with Crippen molar-refractivity contribution < 1.29 is 24.5 Å². The van der Waals surface area contributed by atoms with Crippen molar-refractivity contribution in [3.8, 4) is 0 Å². The van der Waals surface area contributed by atoms with Crippen LogP contribution in [0.5, 0.6) is 0 Å². The molecule has 0 aliphatic heterocycles. The van der Waals surface area contributed by atoms with E-state index >= 15 is 0 Å². The summed E-state index contributed by atoms with van der Waals surface area (Å²) in [7, 11) is 0. The summed E-state index contributed by atoms with van der Waals surface area (Å²) in [5.41, 5.74) is 0. The Balaban J connectivity index is 3.38. The predicted octanol–water partition coefficient (Wildman–Crippen LogP) is 23.3. The molecule has 0 aromatic rings. The summed E-state index contributed by atoms with van der Waals surface area (Å²) in [6, 6.07) is -0.545. The molecule has 2 unspecified atom stereocenters. The number of nitrogens with one attached hydrogen (secondary N) is 1. The molecule has 0 aliphatic carbocycles. The number of hydrogen-bond acceptors (Lipinski definition) is 5. The highest BCUT2D eigenvalue weighted by molar-refractivity contribution is 5.76. The zero-order valence-electron chi connectivity index (χ0n) is 53.6. The minimum Gasteiger partial charge on any atom is -0.466 e. The van der Waals surface area contributed by atoms with Crippen molar-refractivity contribution in [2.45, 2.75) is 418 Å². The van der Waals surface area contributed by atoms with Crippen molar-refractivity contribution in [2.24, 2.45) is 0 Å². The van der Waals surface area contributed by atoms with Crippen LogP contribution in [0.2, 0.25) is 0 Å². The minimum absolute atomic E-state index is 0.0131. The van der Waals surface area contributed by atoms with Gasteiger partial charge in [0, 0.05) is 12.8 Å². The number of carbonyl (C=O) groups excluding carboxylic acids is 2. The largest absolute Gasteiger partial charge is 0.466 e. The van der Waals surface area contributed by atoms with Crippen LogP contribution in [0.4, 0.5) is 0 Å². The number of carbonyl (C=O) groups is 2. The standard InChI is InChI=1S/C73H141NO5/c1-3-5-7-9-11-13-15-17-19-21-29-33-37-41-45-49-53-57-61-65-71(76)70(69-75)74-72(77)66-62-58-54-50-46-42-38-34-31-27-25-23-24-26-28-32-36-40-44-48-52-56-60-64-68-79-73(78)67-63-59-55-51-47-43-39-35-30-22-20-18-16-14-12-10-8-6-4-2/h18,20,25,27,70-71,75-76H,3-17,19,21-24,26,28-69H2,1-2H3,(H,74,77)/b20-18-,27-25-. The molecular weight excluding hydrogens is 971 g/mol. The molecule has 0 aliphatic rings. The number of aliphatic hydroxyl groups excluding tert-OH is 2. The number of unbranched alkanes of at least 4 members (excludes halogenated alkanes) is 53. The maximum atomic E-state index is 12.5. The van der Waals surface area contributed by atoms with Gasteiger partial charge in [-0.3, -0.25) is 9.59 Å². The topological polar surface area (TPSA) is 95.9 Å². The van der Waals surface area contributed by atoms with Crippen molar-refractivity contribution >= 4 is 11.9 Å². The molecule has 0 rings (SSSR count). The van der Waals surface area contributed by atoms with Gasteiger partial charge in [0.25, 0.3) is 0 Å². The molecule has 0 fully saturated rings. The second kappa shape index (κ2) is 68.8. The highest BCUT2D eigenvalue weighted by Crippen LogP contribution is 2.19. The van der Waals surface area contributed by atoms with Gasteiger partial charge in [-0.2, -0.15) is 0 Å². The predicted molar refractivity (Wildman–Crippen MR) is 347 cm³/mol. The first-order valence-corrected chi connectivity index (χ1v) is 36.1.